The fourth-order valence-electron chi connectivity index (χ4n) is 3.01. The van der Waals surface area contributed by atoms with Gasteiger partial charge in [0.2, 0.25) is 11.8 Å². The number of carbonyl (C=O) groups excluding carboxylic acids is 2. The van der Waals surface area contributed by atoms with Crippen LogP contribution in [0.5, 0.6) is 11.5 Å². The highest BCUT2D eigenvalue weighted by Gasteiger charge is 2.35. The van der Waals surface area contributed by atoms with E-state index in [1.165, 1.54) is 0 Å². The van der Waals surface area contributed by atoms with Crippen molar-refractivity contribution in [2.75, 3.05) is 25.0 Å². The summed E-state index contributed by atoms with van der Waals surface area (Å²) in [7, 11) is 1.74. The van der Waals surface area contributed by atoms with Crippen molar-refractivity contribution in [2.24, 2.45) is 5.92 Å². The van der Waals surface area contributed by atoms with Crippen LogP contribution in [0.4, 0.5) is 5.69 Å². The minimum absolute atomic E-state index is 0.0268. The van der Waals surface area contributed by atoms with Gasteiger partial charge in [0.25, 0.3) is 0 Å². The number of hydrogen-bond acceptors (Lipinski definition) is 3. The lowest BCUT2D eigenvalue weighted by atomic mass is 10.1. The number of rotatable bonds is 5. The van der Waals surface area contributed by atoms with Crippen LogP contribution in [0.2, 0.25) is 0 Å². The summed E-state index contributed by atoms with van der Waals surface area (Å²) < 4.78 is 5.76. The SMILES string of the molecule is CCN1C[C@@H](C(=O)N(C)c2ccc(Oc3ccccc3)cc2)CC1=O. The molecule has 0 bridgehead atoms. The molecule has 2 aromatic rings. The van der Waals surface area contributed by atoms with Gasteiger partial charge in [0.05, 0.1) is 5.92 Å². The molecular formula is C20H22N2O3. The molecule has 1 heterocycles. The first-order valence-corrected chi connectivity index (χ1v) is 8.46. The third-order valence-corrected chi connectivity index (χ3v) is 4.48. The Morgan fingerprint density at radius 1 is 1.12 bits per heavy atom. The highest BCUT2D eigenvalue weighted by atomic mass is 16.5. The maximum atomic E-state index is 12.6. The van der Waals surface area contributed by atoms with Crippen molar-refractivity contribution in [1.82, 2.24) is 4.90 Å². The lowest BCUT2D eigenvalue weighted by molar-refractivity contribution is -0.128. The van der Waals surface area contributed by atoms with E-state index in [1.54, 1.807) is 16.8 Å². The Labute approximate surface area is 147 Å². The quantitative estimate of drug-likeness (QED) is 0.840. The molecule has 0 unspecified atom stereocenters. The van der Waals surface area contributed by atoms with E-state index in [-0.39, 0.29) is 17.7 Å². The number of carbonyl (C=O) groups is 2. The van der Waals surface area contributed by atoms with Crippen LogP contribution in [0, 0.1) is 5.92 Å². The van der Waals surface area contributed by atoms with Crippen molar-refractivity contribution in [3.63, 3.8) is 0 Å². The topological polar surface area (TPSA) is 49.9 Å². The third kappa shape index (κ3) is 3.82. The van der Waals surface area contributed by atoms with Crippen molar-refractivity contribution in [1.29, 1.82) is 0 Å². The third-order valence-electron chi connectivity index (χ3n) is 4.48. The summed E-state index contributed by atoms with van der Waals surface area (Å²) in [5, 5.41) is 0. The second-order valence-electron chi connectivity index (χ2n) is 6.14. The average Bonchev–Trinajstić information content (AvgIpc) is 3.03. The van der Waals surface area contributed by atoms with Crippen molar-refractivity contribution in [3.8, 4) is 11.5 Å². The highest BCUT2D eigenvalue weighted by molar-refractivity contribution is 5.98. The highest BCUT2D eigenvalue weighted by Crippen LogP contribution is 2.26. The molecule has 2 aromatic carbocycles. The van der Waals surface area contributed by atoms with Crippen LogP contribution < -0.4 is 9.64 Å². The first-order valence-electron chi connectivity index (χ1n) is 8.46. The first-order chi connectivity index (χ1) is 12.1. The molecule has 0 N–H and O–H groups in total. The van der Waals surface area contributed by atoms with Gasteiger partial charge in [-0.15, -0.1) is 0 Å². The van der Waals surface area contributed by atoms with Crippen LogP contribution >= 0.6 is 0 Å². The van der Waals surface area contributed by atoms with Gasteiger partial charge in [-0.05, 0) is 43.3 Å². The van der Waals surface area contributed by atoms with E-state index in [2.05, 4.69) is 0 Å². The number of anilines is 1. The number of hydrogen-bond donors (Lipinski definition) is 0. The van der Waals surface area contributed by atoms with Crippen molar-refractivity contribution >= 4 is 17.5 Å². The fraction of sp³-hybridized carbons (Fsp3) is 0.300. The zero-order valence-corrected chi connectivity index (χ0v) is 14.5. The van der Waals surface area contributed by atoms with Crippen LogP contribution in [0.1, 0.15) is 13.3 Å². The molecule has 0 aromatic heterocycles. The number of amides is 2. The van der Waals surface area contributed by atoms with E-state index in [0.29, 0.717) is 25.3 Å². The second-order valence-corrected chi connectivity index (χ2v) is 6.14. The summed E-state index contributed by atoms with van der Waals surface area (Å²) in [4.78, 5) is 27.8. The monoisotopic (exact) mass is 338 g/mol. The molecular weight excluding hydrogens is 316 g/mol. The normalized spacial score (nSPS) is 16.8. The van der Waals surface area contributed by atoms with Gasteiger partial charge in [-0.25, -0.2) is 0 Å². The van der Waals surface area contributed by atoms with Crippen LogP contribution in [0.15, 0.2) is 54.6 Å². The molecule has 1 saturated heterocycles. The van der Waals surface area contributed by atoms with Gasteiger partial charge in [-0.3, -0.25) is 9.59 Å². The summed E-state index contributed by atoms with van der Waals surface area (Å²) >= 11 is 0. The zero-order chi connectivity index (χ0) is 17.8. The minimum atomic E-state index is -0.266. The van der Waals surface area contributed by atoms with E-state index in [4.69, 9.17) is 4.74 Å². The summed E-state index contributed by atoms with van der Waals surface area (Å²) in [6.45, 7) is 3.09. The molecule has 0 spiro atoms. The standard InChI is InChI=1S/C20H22N2O3/c1-3-22-14-15(13-19(22)23)20(24)21(2)16-9-11-18(12-10-16)25-17-7-5-4-6-8-17/h4-12,15H,3,13-14H2,1-2H3/t15-/m0/s1. The molecule has 1 atom stereocenters. The number of benzene rings is 2. The lowest BCUT2D eigenvalue weighted by Gasteiger charge is -2.21. The lowest BCUT2D eigenvalue weighted by Crippen LogP contribution is -2.34. The van der Waals surface area contributed by atoms with Crippen LogP contribution in [-0.2, 0) is 9.59 Å². The van der Waals surface area contributed by atoms with Gasteiger partial charge >= 0.3 is 0 Å². The molecule has 25 heavy (non-hydrogen) atoms. The van der Waals surface area contributed by atoms with Gasteiger partial charge in [0.15, 0.2) is 0 Å². The molecule has 1 aliphatic heterocycles. The Hall–Kier alpha value is -2.82. The van der Waals surface area contributed by atoms with Crippen LogP contribution in [-0.4, -0.2) is 36.9 Å². The number of ether oxygens (including phenoxy) is 1. The number of likely N-dealkylation sites (tertiary alicyclic amines) is 1. The van der Waals surface area contributed by atoms with E-state index in [1.807, 2.05) is 61.5 Å². The molecule has 5 nitrogen and oxygen atoms in total. The molecule has 0 aliphatic carbocycles. The molecule has 0 radical (unpaired) electrons. The summed E-state index contributed by atoms with van der Waals surface area (Å²) in [6, 6.07) is 16.9. The Morgan fingerprint density at radius 3 is 2.36 bits per heavy atom. The molecule has 0 saturated carbocycles. The van der Waals surface area contributed by atoms with Gasteiger partial charge in [-0.2, -0.15) is 0 Å². The Bertz CT molecular complexity index is 743. The second kappa shape index (κ2) is 7.38. The van der Waals surface area contributed by atoms with Crippen LogP contribution in [0.25, 0.3) is 0 Å². The number of nitrogens with zero attached hydrogens (tertiary/aromatic N) is 2. The molecule has 2 amide bonds. The van der Waals surface area contributed by atoms with Crippen molar-refractivity contribution in [3.05, 3.63) is 54.6 Å². The Balaban J connectivity index is 1.65. The molecule has 1 fully saturated rings. The predicted molar refractivity (Wildman–Crippen MR) is 96.7 cm³/mol. The summed E-state index contributed by atoms with van der Waals surface area (Å²) in [6.07, 6.45) is 0.298. The predicted octanol–water partition coefficient (Wildman–Crippen LogP) is 3.31. The average molecular weight is 338 g/mol. The zero-order valence-electron chi connectivity index (χ0n) is 14.5. The van der Waals surface area contributed by atoms with E-state index in [9.17, 15) is 9.59 Å². The summed E-state index contributed by atoms with van der Waals surface area (Å²) in [5.74, 6) is 1.24. The van der Waals surface area contributed by atoms with Crippen molar-refractivity contribution < 1.29 is 14.3 Å². The van der Waals surface area contributed by atoms with E-state index < -0.39 is 0 Å². The largest absolute Gasteiger partial charge is 0.457 e. The molecule has 130 valence electrons. The van der Waals surface area contributed by atoms with Crippen molar-refractivity contribution in [2.45, 2.75) is 13.3 Å². The van der Waals surface area contributed by atoms with E-state index in [0.717, 1.165) is 11.4 Å². The maximum Gasteiger partial charge on any atom is 0.232 e. The Kier molecular flexibility index (Phi) is 5.03. The maximum absolute atomic E-state index is 12.6. The van der Waals surface area contributed by atoms with Gasteiger partial charge in [0.1, 0.15) is 11.5 Å². The molecule has 5 heteroatoms. The first kappa shape index (κ1) is 17.0. The molecule has 3 rings (SSSR count). The fourth-order valence-corrected chi connectivity index (χ4v) is 3.01. The number of para-hydroxylation sites is 1. The smallest absolute Gasteiger partial charge is 0.232 e. The van der Waals surface area contributed by atoms with Gasteiger partial charge in [0, 0.05) is 32.2 Å². The molecule has 1 aliphatic rings. The van der Waals surface area contributed by atoms with Crippen LogP contribution in [0.3, 0.4) is 0 Å². The van der Waals surface area contributed by atoms with Gasteiger partial charge < -0.3 is 14.5 Å². The minimum Gasteiger partial charge on any atom is -0.457 e. The van der Waals surface area contributed by atoms with Gasteiger partial charge in [-0.1, -0.05) is 18.2 Å². The summed E-state index contributed by atoms with van der Waals surface area (Å²) in [5.41, 5.74) is 0.785. The Morgan fingerprint density at radius 2 is 1.76 bits per heavy atom. The van der Waals surface area contributed by atoms with E-state index >= 15 is 0 Å².